The minimum Gasteiger partial charge on any atom is -0.363 e. The van der Waals surface area contributed by atoms with E-state index >= 15 is 0 Å². The summed E-state index contributed by atoms with van der Waals surface area (Å²) >= 11 is 0. The number of nitrogens with zero attached hydrogens (tertiary/aromatic N) is 4. The molecule has 1 N–H and O–H groups in total. The quantitative estimate of drug-likeness (QED) is 0.477. The van der Waals surface area contributed by atoms with Gasteiger partial charge in [0.25, 0.3) is 12.0 Å². The Bertz CT molecular complexity index is 1330. The molecule has 5 rings (SSSR count). The number of halogens is 3. The van der Waals surface area contributed by atoms with Gasteiger partial charge in [-0.2, -0.15) is 0 Å². The van der Waals surface area contributed by atoms with Gasteiger partial charge in [-0.3, -0.25) is 9.36 Å². The summed E-state index contributed by atoms with van der Waals surface area (Å²) in [6.07, 6.45) is 2.80. The normalized spacial score (nSPS) is 18.5. The van der Waals surface area contributed by atoms with E-state index < -0.39 is 23.8 Å². The molecule has 1 atom stereocenters. The van der Waals surface area contributed by atoms with E-state index in [2.05, 4.69) is 20.2 Å². The minimum absolute atomic E-state index is 0.0580. The molecule has 2 fully saturated rings. The number of rotatable bonds is 6. The molecular formula is C27H32F3N5O. The van der Waals surface area contributed by atoms with E-state index in [1.807, 2.05) is 6.07 Å². The summed E-state index contributed by atoms with van der Waals surface area (Å²) in [4.78, 5) is 24.9. The Balaban J connectivity index is 1.49. The Hall–Kier alpha value is -2.94. The molecule has 3 heterocycles. The molecular weight excluding hydrogens is 467 g/mol. The van der Waals surface area contributed by atoms with E-state index in [1.165, 1.54) is 31.4 Å². The predicted molar refractivity (Wildman–Crippen MR) is 134 cm³/mol. The molecule has 0 spiro atoms. The van der Waals surface area contributed by atoms with Crippen LogP contribution >= 0.6 is 0 Å². The van der Waals surface area contributed by atoms with Crippen molar-refractivity contribution in [3.8, 4) is 0 Å². The van der Waals surface area contributed by atoms with Crippen molar-refractivity contribution in [3.63, 3.8) is 0 Å². The highest BCUT2D eigenvalue weighted by molar-refractivity contribution is 5.87. The van der Waals surface area contributed by atoms with Gasteiger partial charge in [-0.15, -0.1) is 0 Å². The molecule has 1 saturated carbocycles. The fraction of sp³-hybridized carbons (Fsp3) is 0.519. The molecule has 2 aromatic heterocycles. The average molecular weight is 500 g/mol. The summed E-state index contributed by atoms with van der Waals surface area (Å²) in [5.74, 6) is 0.135. The molecule has 1 aliphatic heterocycles. The van der Waals surface area contributed by atoms with Crippen molar-refractivity contribution >= 4 is 16.9 Å². The van der Waals surface area contributed by atoms with Crippen LogP contribution in [0.3, 0.4) is 0 Å². The third-order valence-electron chi connectivity index (χ3n) is 7.88. The number of alkyl halides is 2. The topological polar surface area (TPSA) is 63.1 Å². The van der Waals surface area contributed by atoms with Crippen LogP contribution in [0.25, 0.3) is 11.0 Å². The third-order valence-corrected chi connectivity index (χ3v) is 7.88. The lowest BCUT2D eigenvalue weighted by Gasteiger charge is -2.41. The maximum absolute atomic E-state index is 14.8. The molecule has 1 saturated heterocycles. The molecule has 3 aromatic rings. The van der Waals surface area contributed by atoms with Crippen molar-refractivity contribution in [2.45, 2.75) is 70.4 Å². The number of benzene rings is 1. The second-order valence-corrected chi connectivity index (χ2v) is 10.1. The van der Waals surface area contributed by atoms with Crippen LogP contribution in [0.5, 0.6) is 0 Å². The summed E-state index contributed by atoms with van der Waals surface area (Å²) in [7, 11) is 1.71. The first kappa shape index (κ1) is 24.7. The van der Waals surface area contributed by atoms with E-state index in [1.54, 1.807) is 25.5 Å². The Morgan fingerprint density at radius 3 is 2.42 bits per heavy atom. The number of aryl methyl sites for hydroxylation is 2. The van der Waals surface area contributed by atoms with Gasteiger partial charge in [-0.1, -0.05) is 24.6 Å². The highest BCUT2D eigenvalue weighted by Gasteiger charge is 2.31. The van der Waals surface area contributed by atoms with E-state index in [9.17, 15) is 18.0 Å². The molecule has 0 unspecified atom stereocenters. The largest absolute Gasteiger partial charge is 0.363 e. The number of anilines is 1. The molecule has 36 heavy (non-hydrogen) atoms. The Morgan fingerprint density at radius 2 is 1.78 bits per heavy atom. The number of aromatic nitrogens is 3. The van der Waals surface area contributed by atoms with Crippen LogP contribution in [-0.4, -0.2) is 38.6 Å². The van der Waals surface area contributed by atoms with Gasteiger partial charge in [0.15, 0.2) is 0 Å². The SMILES string of the molecule is Cc1nc(N[C@H](C)c2cccc(C(F)F)c2F)c2cc(C3CCN(C4CCC4)CC3)c(=O)n(C)c2n1. The highest BCUT2D eigenvalue weighted by atomic mass is 19.3. The fourth-order valence-electron chi connectivity index (χ4n) is 5.55. The van der Waals surface area contributed by atoms with Crippen molar-refractivity contribution in [3.05, 3.63) is 63.0 Å². The molecule has 0 amide bonds. The van der Waals surface area contributed by atoms with E-state index in [4.69, 9.17) is 0 Å². The standard InChI is InChI=1S/C27H32F3N5O/c1-15(19-8-5-9-20(23(19)28)24(29)30)31-25-22-14-21(27(36)34(3)26(22)33-16(2)32-25)17-10-12-35(13-11-17)18-6-4-7-18/h5,8-9,14-15,17-18,24H,4,6-7,10-13H2,1-3H3,(H,31,32,33)/t15-/m1/s1. The number of piperidine rings is 1. The van der Waals surface area contributed by atoms with Gasteiger partial charge in [-0.25, -0.2) is 23.1 Å². The molecule has 0 bridgehead atoms. The molecule has 192 valence electrons. The van der Waals surface area contributed by atoms with Crippen LogP contribution in [0.4, 0.5) is 19.0 Å². The number of pyridine rings is 1. The van der Waals surface area contributed by atoms with Crippen molar-refractivity contribution in [1.29, 1.82) is 0 Å². The van der Waals surface area contributed by atoms with E-state index in [-0.39, 0.29) is 17.0 Å². The molecule has 6 nitrogen and oxygen atoms in total. The Kier molecular flexibility index (Phi) is 6.76. The monoisotopic (exact) mass is 499 g/mol. The summed E-state index contributed by atoms with van der Waals surface area (Å²) in [5.41, 5.74) is 0.678. The maximum Gasteiger partial charge on any atom is 0.266 e. The van der Waals surface area contributed by atoms with Gasteiger partial charge in [0.2, 0.25) is 0 Å². The Morgan fingerprint density at radius 1 is 1.08 bits per heavy atom. The lowest BCUT2D eigenvalue weighted by Crippen LogP contribution is -2.45. The summed E-state index contributed by atoms with van der Waals surface area (Å²) < 4.78 is 42.8. The zero-order valence-electron chi connectivity index (χ0n) is 20.9. The van der Waals surface area contributed by atoms with Crippen LogP contribution in [0.1, 0.15) is 79.9 Å². The average Bonchev–Trinajstić information content (AvgIpc) is 2.81. The maximum atomic E-state index is 14.8. The first-order valence-electron chi connectivity index (χ1n) is 12.7. The number of hydrogen-bond acceptors (Lipinski definition) is 5. The van der Waals surface area contributed by atoms with E-state index in [0.29, 0.717) is 28.7 Å². The van der Waals surface area contributed by atoms with Crippen molar-refractivity contribution in [2.75, 3.05) is 18.4 Å². The van der Waals surface area contributed by atoms with Crippen LogP contribution in [0.15, 0.2) is 29.1 Å². The summed E-state index contributed by atoms with van der Waals surface area (Å²) in [6, 6.07) is 5.96. The second kappa shape index (κ2) is 9.84. The summed E-state index contributed by atoms with van der Waals surface area (Å²) in [5, 5.41) is 3.87. The first-order chi connectivity index (χ1) is 17.2. The lowest BCUT2D eigenvalue weighted by atomic mass is 9.85. The van der Waals surface area contributed by atoms with Gasteiger partial charge in [0, 0.05) is 24.2 Å². The number of fused-ring (bicyclic) bond motifs is 1. The van der Waals surface area contributed by atoms with Crippen LogP contribution < -0.4 is 10.9 Å². The first-order valence-corrected chi connectivity index (χ1v) is 12.7. The van der Waals surface area contributed by atoms with Crippen molar-refractivity contribution in [2.24, 2.45) is 7.05 Å². The summed E-state index contributed by atoms with van der Waals surface area (Å²) in [6.45, 7) is 5.41. The van der Waals surface area contributed by atoms with Gasteiger partial charge >= 0.3 is 0 Å². The van der Waals surface area contributed by atoms with Crippen molar-refractivity contribution in [1.82, 2.24) is 19.4 Å². The number of hydrogen-bond donors (Lipinski definition) is 1. The lowest BCUT2D eigenvalue weighted by molar-refractivity contribution is 0.0973. The second-order valence-electron chi connectivity index (χ2n) is 10.1. The van der Waals surface area contributed by atoms with Gasteiger partial charge in [0.05, 0.1) is 17.0 Å². The molecule has 1 aromatic carbocycles. The molecule has 0 radical (unpaired) electrons. The zero-order chi connectivity index (χ0) is 25.6. The zero-order valence-corrected chi connectivity index (χ0v) is 20.9. The van der Waals surface area contributed by atoms with E-state index in [0.717, 1.165) is 37.6 Å². The third kappa shape index (κ3) is 4.49. The smallest absolute Gasteiger partial charge is 0.266 e. The number of nitrogens with one attached hydrogen (secondary N) is 1. The van der Waals surface area contributed by atoms with Gasteiger partial charge in [0.1, 0.15) is 23.1 Å². The molecule has 2 aliphatic rings. The predicted octanol–water partition coefficient (Wildman–Crippen LogP) is 5.62. The van der Waals surface area contributed by atoms with Crippen molar-refractivity contribution < 1.29 is 13.2 Å². The molecule has 9 heteroatoms. The van der Waals surface area contributed by atoms with Crippen LogP contribution in [0.2, 0.25) is 0 Å². The van der Waals surface area contributed by atoms with Gasteiger partial charge in [-0.05, 0) is 64.6 Å². The Labute approximate surface area is 208 Å². The minimum atomic E-state index is -2.90. The van der Waals surface area contributed by atoms with Crippen LogP contribution in [-0.2, 0) is 7.05 Å². The van der Waals surface area contributed by atoms with Gasteiger partial charge < -0.3 is 10.2 Å². The van der Waals surface area contributed by atoms with Crippen LogP contribution in [0, 0.1) is 12.7 Å². The number of likely N-dealkylation sites (tertiary alicyclic amines) is 1. The molecule has 1 aliphatic carbocycles. The highest BCUT2D eigenvalue weighted by Crippen LogP contribution is 2.34. The fourth-order valence-corrected chi connectivity index (χ4v) is 5.55.